The normalized spacial score (nSPS) is 17.0. The standard InChI is InChI=1S/C19H17F2NO4/c20-14-5-8-17(16(21)10-14)26-15-6-3-12(4-7-15)18(23)22-9-1-2-13(11-22)19(24)25/h3-8,10,13H,1-2,9,11H2,(H,24,25). The van der Waals surface area contributed by atoms with Crippen molar-refractivity contribution in [2.75, 3.05) is 13.1 Å². The van der Waals surface area contributed by atoms with Crippen LogP contribution in [0.25, 0.3) is 0 Å². The van der Waals surface area contributed by atoms with E-state index in [4.69, 9.17) is 9.84 Å². The number of carboxylic acids is 1. The quantitative estimate of drug-likeness (QED) is 0.902. The zero-order valence-electron chi connectivity index (χ0n) is 13.8. The van der Waals surface area contributed by atoms with Gasteiger partial charge in [-0.25, -0.2) is 8.78 Å². The number of nitrogens with zero attached hydrogens (tertiary/aromatic N) is 1. The molecule has 5 nitrogen and oxygen atoms in total. The van der Waals surface area contributed by atoms with Gasteiger partial charge >= 0.3 is 5.97 Å². The second kappa shape index (κ2) is 7.51. The summed E-state index contributed by atoms with van der Waals surface area (Å²) >= 11 is 0. The molecule has 1 unspecified atom stereocenters. The summed E-state index contributed by atoms with van der Waals surface area (Å²) in [6.07, 6.45) is 1.21. The first kappa shape index (κ1) is 17.8. The van der Waals surface area contributed by atoms with Gasteiger partial charge in [-0.1, -0.05) is 0 Å². The summed E-state index contributed by atoms with van der Waals surface area (Å²) < 4.78 is 31.9. The van der Waals surface area contributed by atoms with Crippen molar-refractivity contribution in [2.45, 2.75) is 12.8 Å². The summed E-state index contributed by atoms with van der Waals surface area (Å²) in [6, 6.07) is 9.08. The number of carbonyl (C=O) groups excluding carboxylic acids is 1. The van der Waals surface area contributed by atoms with E-state index >= 15 is 0 Å². The highest BCUT2D eigenvalue weighted by Gasteiger charge is 2.28. The molecule has 1 atom stereocenters. The van der Waals surface area contributed by atoms with E-state index in [-0.39, 0.29) is 18.2 Å². The topological polar surface area (TPSA) is 66.8 Å². The molecule has 1 heterocycles. The molecule has 1 aliphatic rings. The molecule has 2 aromatic carbocycles. The van der Waals surface area contributed by atoms with Crippen molar-refractivity contribution in [2.24, 2.45) is 5.92 Å². The summed E-state index contributed by atoms with van der Waals surface area (Å²) in [5, 5.41) is 9.12. The van der Waals surface area contributed by atoms with E-state index in [0.29, 0.717) is 30.7 Å². The molecule has 0 spiro atoms. The monoisotopic (exact) mass is 361 g/mol. The number of likely N-dealkylation sites (tertiary alicyclic amines) is 1. The van der Waals surface area contributed by atoms with Gasteiger partial charge in [0.1, 0.15) is 11.6 Å². The van der Waals surface area contributed by atoms with Crippen LogP contribution in [0.15, 0.2) is 42.5 Å². The Kier molecular flexibility index (Phi) is 5.16. The molecule has 0 saturated carbocycles. The number of piperidine rings is 1. The summed E-state index contributed by atoms with van der Waals surface area (Å²) in [5.74, 6) is -3.03. The van der Waals surface area contributed by atoms with E-state index in [1.807, 2.05) is 0 Å². The lowest BCUT2D eigenvalue weighted by Crippen LogP contribution is -2.42. The molecule has 1 N–H and O–H groups in total. The summed E-state index contributed by atoms with van der Waals surface area (Å²) in [4.78, 5) is 25.2. The molecule has 0 bridgehead atoms. The molecule has 3 rings (SSSR count). The SMILES string of the molecule is O=C(O)C1CCCN(C(=O)c2ccc(Oc3ccc(F)cc3F)cc2)C1. The number of aliphatic carboxylic acids is 1. The number of hydrogen-bond acceptors (Lipinski definition) is 3. The molecule has 1 amide bonds. The molecular weight excluding hydrogens is 344 g/mol. The highest BCUT2D eigenvalue weighted by atomic mass is 19.1. The minimum atomic E-state index is -0.896. The van der Waals surface area contributed by atoms with Crippen LogP contribution in [0.4, 0.5) is 8.78 Å². The summed E-state index contributed by atoms with van der Waals surface area (Å²) in [6.45, 7) is 0.703. The number of halogens is 2. The van der Waals surface area contributed by atoms with Crippen molar-refractivity contribution in [1.82, 2.24) is 4.90 Å². The molecule has 1 saturated heterocycles. The molecule has 26 heavy (non-hydrogen) atoms. The van der Waals surface area contributed by atoms with Gasteiger partial charge in [-0.2, -0.15) is 0 Å². The van der Waals surface area contributed by atoms with Crippen LogP contribution in [0.5, 0.6) is 11.5 Å². The minimum Gasteiger partial charge on any atom is -0.481 e. The highest BCUT2D eigenvalue weighted by Crippen LogP contribution is 2.26. The van der Waals surface area contributed by atoms with Crippen molar-refractivity contribution in [3.05, 3.63) is 59.7 Å². The van der Waals surface area contributed by atoms with E-state index in [9.17, 15) is 18.4 Å². The van der Waals surface area contributed by atoms with Crippen molar-refractivity contribution in [1.29, 1.82) is 0 Å². The molecule has 0 aromatic heterocycles. The molecule has 1 aliphatic heterocycles. The number of rotatable bonds is 4. The van der Waals surface area contributed by atoms with Crippen LogP contribution in [0.2, 0.25) is 0 Å². The van der Waals surface area contributed by atoms with E-state index < -0.39 is 23.5 Å². The van der Waals surface area contributed by atoms with Gasteiger partial charge in [0.25, 0.3) is 5.91 Å². The van der Waals surface area contributed by atoms with Crippen LogP contribution in [-0.2, 0) is 4.79 Å². The van der Waals surface area contributed by atoms with Gasteiger partial charge in [0.05, 0.1) is 5.92 Å². The number of carboxylic acid groups (broad SMARTS) is 1. The molecule has 7 heteroatoms. The second-order valence-electron chi connectivity index (χ2n) is 6.13. The summed E-state index contributed by atoms with van der Waals surface area (Å²) in [7, 11) is 0. The Morgan fingerprint density at radius 2 is 1.85 bits per heavy atom. The molecule has 136 valence electrons. The van der Waals surface area contributed by atoms with E-state index in [1.54, 1.807) is 0 Å². The Labute approximate surface area is 148 Å². The number of benzene rings is 2. The average Bonchev–Trinajstić information content (AvgIpc) is 2.64. The molecular formula is C19H17F2NO4. The molecule has 1 fully saturated rings. The third kappa shape index (κ3) is 3.99. The molecule has 0 radical (unpaired) electrons. The van der Waals surface area contributed by atoms with Crippen molar-refractivity contribution >= 4 is 11.9 Å². The van der Waals surface area contributed by atoms with Gasteiger partial charge in [0, 0.05) is 24.7 Å². The predicted octanol–water partition coefficient (Wildman–Crippen LogP) is 3.69. The first-order chi connectivity index (χ1) is 12.4. The van der Waals surface area contributed by atoms with E-state index in [1.165, 1.54) is 35.2 Å². The van der Waals surface area contributed by atoms with E-state index in [2.05, 4.69) is 0 Å². The van der Waals surface area contributed by atoms with Crippen LogP contribution >= 0.6 is 0 Å². The Balaban J connectivity index is 1.69. The smallest absolute Gasteiger partial charge is 0.308 e. The lowest BCUT2D eigenvalue weighted by molar-refractivity contribution is -0.143. The van der Waals surface area contributed by atoms with Gasteiger partial charge < -0.3 is 14.7 Å². The Bertz CT molecular complexity index is 823. The average molecular weight is 361 g/mol. The van der Waals surface area contributed by atoms with Crippen LogP contribution in [0, 0.1) is 17.6 Å². The fourth-order valence-corrected chi connectivity index (χ4v) is 2.90. The van der Waals surface area contributed by atoms with Gasteiger partial charge in [0.2, 0.25) is 0 Å². The zero-order valence-corrected chi connectivity index (χ0v) is 13.8. The van der Waals surface area contributed by atoms with Crippen LogP contribution in [-0.4, -0.2) is 35.0 Å². The Hall–Kier alpha value is -2.96. The maximum Gasteiger partial charge on any atom is 0.308 e. The number of hydrogen-bond donors (Lipinski definition) is 1. The van der Waals surface area contributed by atoms with Gasteiger partial charge in [-0.15, -0.1) is 0 Å². The highest BCUT2D eigenvalue weighted by molar-refractivity contribution is 5.94. The third-order valence-corrected chi connectivity index (χ3v) is 4.28. The van der Waals surface area contributed by atoms with E-state index in [0.717, 1.165) is 12.1 Å². The number of ether oxygens (including phenoxy) is 1. The van der Waals surface area contributed by atoms with Gasteiger partial charge in [-0.05, 0) is 49.2 Å². The largest absolute Gasteiger partial charge is 0.481 e. The lowest BCUT2D eigenvalue weighted by atomic mass is 9.97. The fourth-order valence-electron chi connectivity index (χ4n) is 2.90. The maximum absolute atomic E-state index is 13.6. The zero-order chi connectivity index (χ0) is 18.7. The number of amides is 1. The first-order valence-electron chi connectivity index (χ1n) is 8.19. The Morgan fingerprint density at radius 3 is 2.50 bits per heavy atom. The van der Waals surface area contributed by atoms with Gasteiger partial charge in [0.15, 0.2) is 11.6 Å². The first-order valence-corrected chi connectivity index (χ1v) is 8.19. The van der Waals surface area contributed by atoms with Crippen LogP contribution < -0.4 is 4.74 Å². The van der Waals surface area contributed by atoms with Crippen molar-refractivity contribution in [3.8, 4) is 11.5 Å². The third-order valence-electron chi connectivity index (χ3n) is 4.28. The number of carbonyl (C=O) groups is 2. The lowest BCUT2D eigenvalue weighted by Gasteiger charge is -2.30. The van der Waals surface area contributed by atoms with Crippen LogP contribution in [0.1, 0.15) is 23.2 Å². The second-order valence-corrected chi connectivity index (χ2v) is 6.13. The summed E-state index contributed by atoms with van der Waals surface area (Å²) in [5.41, 5.74) is 0.392. The van der Waals surface area contributed by atoms with Gasteiger partial charge in [-0.3, -0.25) is 9.59 Å². The fraction of sp³-hybridized carbons (Fsp3) is 0.263. The van der Waals surface area contributed by atoms with Crippen molar-refractivity contribution < 1.29 is 28.2 Å². The Morgan fingerprint density at radius 1 is 1.12 bits per heavy atom. The van der Waals surface area contributed by atoms with Crippen molar-refractivity contribution in [3.63, 3.8) is 0 Å². The molecule has 2 aromatic rings. The molecule has 0 aliphatic carbocycles. The van der Waals surface area contributed by atoms with Crippen LogP contribution in [0.3, 0.4) is 0 Å². The predicted molar refractivity (Wildman–Crippen MR) is 89.1 cm³/mol. The minimum absolute atomic E-state index is 0.120. The maximum atomic E-state index is 13.6.